The molecule has 78 valence electrons. The van der Waals surface area contributed by atoms with Crippen molar-refractivity contribution in [3.8, 4) is 0 Å². The van der Waals surface area contributed by atoms with Gasteiger partial charge in [-0.2, -0.15) is 0 Å². The van der Waals surface area contributed by atoms with E-state index in [1.807, 2.05) is 13.0 Å². The summed E-state index contributed by atoms with van der Waals surface area (Å²) in [5, 5.41) is 0.938. The fourth-order valence-corrected chi connectivity index (χ4v) is 2.34. The lowest BCUT2D eigenvalue weighted by Gasteiger charge is -2.08. The number of para-hydroxylation sites is 1. The normalized spacial score (nSPS) is 18.3. The van der Waals surface area contributed by atoms with Crippen molar-refractivity contribution in [3.63, 3.8) is 0 Å². The monoisotopic (exact) mass is 204 g/mol. The largest absolute Gasteiger partial charge is 0.356 e. The van der Waals surface area contributed by atoms with E-state index in [4.69, 9.17) is 5.73 Å². The first-order valence-corrected chi connectivity index (χ1v) is 5.18. The third-order valence-electron chi connectivity index (χ3n) is 3.26. The first-order chi connectivity index (χ1) is 7.12. The van der Waals surface area contributed by atoms with E-state index in [9.17, 15) is 4.39 Å². The minimum Gasteiger partial charge on any atom is -0.356 e. The first-order valence-electron chi connectivity index (χ1n) is 5.18. The highest BCUT2D eigenvalue weighted by molar-refractivity contribution is 5.86. The molecule has 0 saturated heterocycles. The van der Waals surface area contributed by atoms with Gasteiger partial charge in [-0.05, 0) is 25.8 Å². The Hall–Kier alpha value is -1.35. The van der Waals surface area contributed by atoms with Crippen molar-refractivity contribution in [1.29, 1.82) is 0 Å². The van der Waals surface area contributed by atoms with Gasteiger partial charge in [0.05, 0.1) is 5.52 Å². The molecule has 3 rings (SSSR count). The number of H-pyrrole nitrogens is 1. The number of hydrogen-bond donors (Lipinski definition) is 2. The number of hydrogen-bond acceptors (Lipinski definition) is 1. The molecule has 3 N–H and O–H groups in total. The summed E-state index contributed by atoms with van der Waals surface area (Å²) >= 11 is 0. The number of halogens is 1. The summed E-state index contributed by atoms with van der Waals surface area (Å²) in [5.41, 5.74) is 8.65. The summed E-state index contributed by atoms with van der Waals surface area (Å²) in [4.78, 5) is 3.09. The highest BCUT2D eigenvalue weighted by Gasteiger charge is 2.43. The van der Waals surface area contributed by atoms with E-state index >= 15 is 0 Å². The topological polar surface area (TPSA) is 41.8 Å². The molecule has 15 heavy (non-hydrogen) atoms. The zero-order chi connectivity index (χ0) is 10.6. The van der Waals surface area contributed by atoms with Crippen LogP contribution in [0.1, 0.15) is 24.1 Å². The number of aromatic amines is 1. The summed E-state index contributed by atoms with van der Waals surface area (Å²) < 4.78 is 13.5. The van der Waals surface area contributed by atoms with E-state index in [2.05, 4.69) is 4.98 Å². The molecular formula is C12H13FN2. The second-order valence-corrected chi connectivity index (χ2v) is 4.44. The molecule has 1 aliphatic rings. The lowest BCUT2D eigenvalue weighted by atomic mass is 10.0. The molecule has 1 fully saturated rings. The molecule has 0 unspecified atom stereocenters. The third-order valence-corrected chi connectivity index (χ3v) is 3.26. The van der Waals surface area contributed by atoms with Crippen molar-refractivity contribution in [2.75, 3.05) is 0 Å². The standard InChI is InChI=1S/C12H13FN2/c1-7-10(12(14)5-6-12)8-3-2-4-9(13)11(8)15-7/h2-4,15H,5-6,14H2,1H3. The Morgan fingerprint density at radius 1 is 1.40 bits per heavy atom. The summed E-state index contributed by atoms with van der Waals surface area (Å²) in [6, 6.07) is 5.14. The smallest absolute Gasteiger partial charge is 0.147 e. The number of fused-ring (bicyclic) bond motifs is 1. The zero-order valence-corrected chi connectivity index (χ0v) is 8.60. The SMILES string of the molecule is Cc1[nH]c2c(F)cccc2c1C1(N)CC1. The van der Waals surface area contributed by atoms with E-state index in [1.54, 1.807) is 6.07 Å². The average molecular weight is 204 g/mol. The van der Waals surface area contributed by atoms with Crippen molar-refractivity contribution in [2.24, 2.45) is 5.73 Å². The maximum absolute atomic E-state index is 13.5. The van der Waals surface area contributed by atoms with Gasteiger partial charge in [-0.1, -0.05) is 12.1 Å². The van der Waals surface area contributed by atoms with E-state index in [-0.39, 0.29) is 11.4 Å². The van der Waals surface area contributed by atoms with Crippen molar-refractivity contribution in [3.05, 3.63) is 35.3 Å². The van der Waals surface area contributed by atoms with Crippen LogP contribution in [0.5, 0.6) is 0 Å². The molecule has 1 heterocycles. The molecule has 0 spiro atoms. The van der Waals surface area contributed by atoms with Gasteiger partial charge in [0.2, 0.25) is 0 Å². The molecule has 2 aromatic rings. The van der Waals surface area contributed by atoms with Gasteiger partial charge in [0.1, 0.15) is 5.82 Å². The summed E-state index contributed by atoms with van der Waals surface area (Å²) in [7, 11) is 0. The number of aryl methyl sites for hydroxylation is 1. The summed E-state index contributed by atoms with van der Waals surface area (Å²) in [6.07, 6.45) is 1.99. The van der Waals surface area contributed by atoms with Crippen LogP contribution in [0, 0.1) is 12.7 Å². The number of benzene rings is 1. The van der Waals surface area contributed by atoms with Crippen LogP contribution in [-0.2, 0) is 5.54 Å². The van der Waals surface area contributed by atoms with Crippen LogP contribution < -0.4 is 5.73 Å². The molecule has 0 bridgehead atoms. The fourth-order valence-electron chi connectivity index (χ4n) is 2.34. The molecule has 0 amide bonds. The highest BCUT2D eigenvalue weighted by Crippen LogP contribution is 2.47. The van der Waals surface area contributed by atoms with Gasteiger partial charge in [0.25, 0.3) is 0 Å². The lowest BCUT2D eigenvalue weighted by Crippen LogP contribution is -2.19. The molecule has 2 nitrogen and oxygen atoms in total. The summed E-state index contributed by atoms with van der Waals surface area (Å²) in [6.45, 7) is 1.96. The Morgan fingerprint density at radius 3 is 2.80 bits per heavy atom. The van der Waals surface area contributed by atoms with Gasteiger partial charge in [0.15, 0.2) is 0 Å². The highest BCUT2D eigenvalue weighted by atomic mass is 19.1. The number of nitrogens with two attached hydrogens (primary N) is 1. The Morgan fingerprint density at radius 2 is 2.13 bits per heavy atom. The van der Waals surface area contributed by atoms with E-state index in [1.165, 1.54) is 6.07 Å². The van der Waals surface area contributed by atoms with E-state index < -0.39 is 0 Å². The maximum atomic E-state index is 13.5. The van der Waals surface area contributed by atoms with Crippen molar-refractivity contribution >= 4 is 10.9 Å². The Balaban J connectivity index is 2.38. The van der Waals surface area contributed by atoms with Crippen molar-refractivity contribution in [1.82, 2.24) is 4.98 Å². The number of rotatable bonds is 1. The maximum Gasteiger partial charge on any atom is 0.147 e. The van der Waals surface area contributed by atoms with Gasteiger partial charge < -0.3 is 10.7 Å². The fraction of sp³-hybridized carbons (Fsp3) is 0.333. The Kier molecular flexibility index (Phi) is 1.55. The molecular weight excluding hydrogens is 191 g/mol. The van der Waals surface area contributed by atoms with E-state index in [0.717, 1.165) is 29.5 Å². The van der Waals surface area contributed by atoms with Gasteiger partial charge in [0, 0.05) is 22.2 Å². The average Bonchev–Trinajstić information content (AvgIpc) is 2.80. The summed E-state index contributed by atoms with van der Waals surface area (Å²) in [5.74, 6) is -0.203. The number of nitrogens with one attached hydrogen (secondary N) is 1. The van der Waals surface area contributed by atoms with Crippen LogP contribution in [0.25, 0.3) is 10.9 Å². The molecule has 3 heteroatoms. The van der Waals surface area contributed by atoms with Crippen LogP contribution in [0.15, 0.2) is 18.2 Å². The minimum atomic E-state index is -0.212. The Labute approximate surface area is 87.3 Å². The van der Waals surface area contributed by atoms with Crippen LogP contribution in [0.4, 0.5) is 4.39 Å². The molecule has 1 saturated carbocycles. The molecule has 0 radical (unpaired) electrons. The van der Waals surface area contributed by atoms with Crippen LogP contribution >= 0.6 is 0 Å². The molecule has 0 aliphatic heterocycles. The predicted octanol–water partition coefficient (Wildman–Crippen LogP) is 2.56. The van der Waals surface area contributed by atoms with Gasteiger partial charge in [-0.25, -0.2) is 4.39 Å². The first kappa shape index (κ1) is 8.92. The predicted molar refractivity (Wildman–Crippen MR) is 58.1 cm³/mol. The van der Waals surface area contributed by atoms with Crippen molar-refractivity contribution < 1.29 is 4.39 Å². The van der Waals surface area contributed by atoms with Crippen LogP contribution in [0.2, 0.25) is 0 Å². The van der Waals surface area contributed by atoms with Gasteiger partial charge >= 0.3 is 0 Å². The van der Waals surface area contributed by atoms with Crippen LogP contribution in [-0.4, -0.2) is 4.98 Å². The molecule has 0 atom stereocenters. The molecule has 1 aliphatic carbocycles. The molecule has 1 aromatic carbocycles. The third kappa shape index (κ3) is 1.13. The van der Waals surface area contributed by atoms with Crippen molar-refractivity contribution in [2.45, 2.75) is 25.3 Å². The second-order valence-electron chi connectivity index (χ2n) is 4.44. The lowest BCUT2D eigenvalue weighted by molar-refractivity contribution is 0.637. The van der Waals surface area contributed by atoms with E-state index in [0.29, 0.717) is 5.52 Å². The minimum absolute atomic E-state index is 0.203. The zero-order valence-electron chi connectivity index (χ0n) is 8.60. The van der Waals surface area contributed by atoms with Crippen LogP contribution in [0.3, 0.4) is 0 Å². The molecule has 1 aromatic heterocycles. The quantitative estimate of drug-likeness (QED) is 0.736. The second kappa shape index (κ2) is 2.61. The number of aromatic nitrogens is 1. The Bertz CT molecular complexity index is 538. The van der Waals surface area contributed by atoms with Gasteiger partial charge in [-0.15, -0.1) is 0 Å². The van der Waals surface area contributed by atoms with Gasteiger partial charge in [-0.3, -0.25) is 0 Å².